The topological polar surface area (TPSA) is 51.5 Å². The highest BCUT2D eigenvalue weighted by Gasteiger charge is 2.19. The van der Waals surface area contributed by atoms with Crippen LogP contribution in [0.25, 0.3) is 38.8 Å². The Morgan fingerprint density at radius 2 is 1.33 bits per heavy atom. The summed E-state index contributed by atoms with van der Waals surface area (Å²) < 4.78 is 6.43. The maximum atomic E-state index is 6.75. The molecule has 0 aliphatic rings. The van der Waals surface area contributed by atoms with Crippen LogP contribution >= 0.6 is 0 Å². The van der Waals surface area contributed by atoms with E-state index < -0.39 is 6.04 Å². The minimum Gasteiger partial charge on any atom is -0.456 e. The molecule has 0 saturated heterocycles. The van der Waals surface area contributed by atoms with Gasteiger partial charge in [-0.3, -0.25) is 4.99 Å². The van der Waals surface area contributed by atoms with Gasteiger partial charge in [0.05, 0.1) is 11.7 Å². The molecule has 3 nitrogen and oxygen atoms in total. The van der Waals surface area contributed by atoms with Gasteiger partial charge in [-0.1, -0.05) is 197 Å². The summed E-state index contributed by atoms with van der Waals surface area (Å²) >= 11 is 0. The van der Waals surface area contributed by atoms with Crippen LogP contribution in [0.15, 0.2) is 179 Å². The molecule has 1 unspecified atom stereocenters. The van der Waals surface area contributed by atoms with Crippen LogP contribution in [-0.4, -0.2) is 6.72 Å². The molecule has 0 fully saturated rings. The zero-order chi connectivity index (χ0) is 39.4. The zero-order valence-corrected chi connectivity index (χ0v) is 33.6. The fourth-order valence-electron chi connectivity index (χ4n) is 6.42. The predicted molar refractivity (Wildman–Crippen MR) is 241 cm³/mol. The number of rotatable bonds is 10. The molecular weight excluding hydrogens is 669 g/mol. The molecule has 0 amide bonds. The van der Waals surface area contributed by atoms with Crippen molar-refractivity contribution in [2.24, 2.45) is 10.7 Å². The lowest BCUT2D eigenvalue weighted by atomic mass is 9.93. The Hall–Kier alpha value is -5.77. The third-order valence-electron chi connectivity index (χ3n) is 9.37. The average Bonchev–Trinajstić information content (AvgIpc) is 3.64. The number of para-hydroxylation sites is 1. The summed E-state index contributed by atoms with van der Waals surface area (Å²) in [7, 11) is 0. The fraction of sp³-hybridized carbons (Fsp3) is 0.212. The fourth-order valence-corrected chi connectivity index (χ4v) is 6.42. The number of fused-ring (bicyclic) bond motifs is 3. The SMILES string of the molecule is C=N/C(=C\C(N)c1ccc(-c2ccc(C/C(=C/C)CC)cc2)c2c1oc1ccccc12)c1ccccc1.CC.CCCc1ccccc1.Cc1ccccc1. The molecule has 1 atom stereocenters. The van der Waals surface area contributed by atoms with Crippen LogP contribution in [0.5, 0.6) is 0 Å². The van der Waals surface area contributed by atoms with E-state index in [-0.39, 0.29) is 0 Å². The molecule has 3 heteroatoms. The number of nitrogens with two attached hydrogens (primary N) is 1. The van der Waals surface area contributed by atoms with Crippen molar-refractivity contribution in [3.8, 4) is 11.1 Å². The number of allylic oxidation sites excluding steroid dienone is 2. The van der Waals surface area contributed by atoms with Crippen LogP contribution in [0.4, 0.5) is 0 Å². The highest BCUT2D eigenvalue weighted by molar-refractivity contribution is 6.13. The van der Waals surface area contributed by atoms with Gasteiger partial charge in [0.2, 0.25) is 0 Å². The maximum absolute atomic E-state index is 6.75. The lowest BCUT2D eigenvalue weighted by Crippen LogP contribution is -2.08. The molecule has 0 saturated carbocycles. The summed E-state index contributed by atoms with van der Waals surface area (Å²) in [6.07, 6.45) is 8.68. The van der Waals surface area contributed by atoms with Gasteiger partial charge in [-0.15, -0.1) is 0 Å². The first-order valence-electron chi connectivity index (χ1n) is 19.7. The van der Waals surface area contributed by atoms with Crippen molar-refractivity contribution in [2.45, 2.75) is 73.3 Å². The molecule has 1 aromatic heterocycles. The maximum Gasteiger partial charge on any atom is 0.141 e. The third-order valence-corrected chi connectivity index (χ3v) is 9.37. The summed E-state index contributed by atoms with van der Waals surface area (Å²) in [6.45, 7) is 16.4. The first-order valence-corrected chi connectivity index (χ1v) is 19.7. The molecule has 7 aromatic rings. The van der Waals surface area contributed by atoms with Gasteiger partial charge in [-0.25, -0.2) is 0 Å². The van der Waals surface area contributed by atoms with Crippen molar-refractivity contribution in [3.63, 3.8) is 0 Å². The molecule has 1 heterocycles. The Kier molecular flexibility index (Phi) is 17.1. The number of furan rings is 1. The minimum atomic E-state index is -0.409. The van der Waals surface area contributed by atoms with Crippen LogP contribution in [-0.2, 0) is 12.8 Å². The number of hydrogen-bond donors (Lipinski definition) is 1. The van der Waals surface area contributed by atoms with Crippen LogP contribution in [0, 0.1) is 6.92 Å². The molecule has 282 valence electrons. The lowest BCUT2D eigenvalue weighted by molar-refractivity contribution is 0.659. The predicted octanol–water partition coefficient (Wildman–Crippen LogP) is 14.6. The quantitative estimate of drug-likeness (QED) is 0.113. The molecule has 0 spiro atoms. The Labute approximate surface area is 330 Å². The van der Waals surface area contributed by atoms with Gasteiger partial charge in [-0.2, -0.15) is 0 Å². The van der Waals surface area contributed by atoms with Crippen LogP contribution < -0.4 is 5.73 Å². The summed E-state index contributed by atoms with van der Waals surface area (Å²) in [6, 6.07) is 51.7. The Morgan fingerprint density at radius 3 is 1.89 bits per heavy atom. The van der Waals surface area contributed by atoms with Gasteiger partial charge in [0.25, 0.3) is 0 Å². The Balaban J connectivity index is 0.000000306. The molecule has 0 radical (unpaired) electrons. The van der Waals surface area contributed by atoms with Crippen molar-refractivity contribution in [2.75, 3.05) is 0 Å². The van der Waals surface area contributed by atoms with Crippen molar-refractivity contribution < 1.29 is 4.42 Å². The second kappa shape index (κ2) is 22.4. The lowest BCUT2D eigenvalue weighted by Gasteiger charge is -2.13. The van der Waals surface area contributed by atoms with Crippen molar-refractivity contribution in [1.82, 2.24) is 0 Å². The van der Waals surface area contributed by atoms with Crippen molar-refractivity contribution in [3.05, 3.63) is 197 Å². The van der Waals surface area contributed by atoms with Crippen molar-refractivity contribution >= 4 is 34.4 Å². The molecule has 2 N–H and O–H groups in total. The van der Waals surface area contributed by atoms with E-state index in [2.05, 4.69) is 136 Å². The van der Waals surface area contributed by atoms with Crippen LogP contribution in [0.2, 0.25) is 0 Å². The Bertz CT molecular complexity index is 2230. The summed E-state index contributed by atoms with van der Waals surface area (Å²) in [4.78, 5) is 4.25. The van der Waals surface area contributed by atoms with E-state index in [4.69, 9.17) is 10.2 Å². The van der Waals surface area contributed by atoms with Gasteiger partial charge in [0.1, 0.15) is 11.2 Å². The Morgan fingerprint density at radius 1 is 0.727 bits per heavy atom. The van der Waals surface area contributed by atoms with Gasteiger partial charge in [-0.05, 0) is 79.8 Å². The van der Waals surface area contributed by atoms with E-state index in [9.17, 15) is 0 Å². The second-order valence-electron chi connectivity index (χ2n) is 13.2. The molecule has 0 aliphatic heterocycles. The van der Waals surface area contributed by atoms with Crippen molar-refractivity contribution in [1.29, 1.82) is 0 Å². The average molecular weight is 727 g/mol. The minimum absolute atomic E-state index is 0.409. The first-order chi connectivity index (χ1) is 26.9. The normalized spacial score (nSPS) is 11.7. The molecule has 6 aromatic carbocycles. The van der Waals surface area contributed by atoms with E-state index in [1.807, 2.05) is 80.6 Å². The van der Waals surface area contributed by atoms with E-state index >= 15 is 0 Å². The summed E-state index contributed by atoms with van der Waals surface area (Å²) in [5.41, 5.74) is 18.9. The van der Waals surface area contributed by atoms with Gasteiger partial charge < -0.3 is 10.2 Å². The number of nitrogens with zero attached hydrogens (tertiary/aromatic N) is 1. The van der Waals surface area contributed by atoms with E-state index in [1.165, 1.54) is 35.1 Å². The smallest absolute Gasteiger partial charge is 0.141 e. The van der Waals surface area contributed by atoms with Crippen LogP contribution in [0.3, 0.4) is 0 Å². The first kappa shape index (κ1) is 42.0. The summed E-state index contributed by atoms with van der Waals surface area (Å²) in [5, 5.41) is 2.17. The summed E-state index contributed by atoms with van der Waals surface area (Å²) in [5.74, 6) is 0. The zero-order valence-electron chi connectivity index (χ0n) is 33.6. The molecule has 55 heavy (non-hydrogen) atoms. The highest BCUT2D eigenvalue weighted by atomic mass is 16.3. The standard InChI is InChI=1S/C34H32N2O.C9H12.C7H8.C2H6/c1-4-23(5-2)21-24-15-17-25(18-16-24)27-19-20-28(34-33(27)29-13-9-10-14-32(29)37-34)30(35)22-31(36-3)26-11-7-6-8-12-26;1-2-6-9-7-4-3-5-8-9;1-7-5-3-2-4-6-7;1-2/h4,6-20,22,30H,3,5,21,35H2,1-2H3;3-5,7-8H,2,6H2,1H3;2-6H,1H3;1-2H3/b23-4+,31-22-;;;. The number of aliphatic imine (C=N–C) groups is 1. The van der Waals surface area contributed by atoms with Gasteiger partial charge in [0, 0.05) is 16.3 Å². The largest absolute Gasteiger partial charge is 0.456 e. The van der Waals surface area contributed by atoms with E-state index in [0.717, 1.165) is 62.7 Å². The number of hydrogen-bond acceptors (Lipinski definition) is 3. The van der Waals surface area contributed by atoms with E-state index in [1.54, 1.807) is 0 Å². The number of benzene rings is 6. The molecule has 0 bridgehead atoms. The monoisotopic (exact) mass is 726 g/mol. The molecule has 0 aliphatic carbocycles. The number of aryl methyl sites for hydroxylation is 2. The second-order valence-corrected chi connectivity index (χ2v) is 13.2. The molecule has 7 rings (SSSR count). The van der Waals surface area contributed by atoms with E-state index in [0.29, 0.717) is 0 Å². The molecular formula is C52H58N2O. The van der Waals surface area contributed by atoms with Crippen LogP contribution in [0.1, 0.15) is 81.3 Å². The van der Waals surface area contributed by atoms with Gasteiger partial charge in [0.15, 0.2) is 0 Å². The van der Waals surface area contributed by atoms with Gasteiger partial charge >= 0.3 is 0 Å². The third kappa shape index (κ3) is 11.9. The highest BCUT2D eigenvalue weighted by Crippen LogP contribution is 2.40.